The third kappa shape index (κ3) is 7.13. The van der Waals surface area contributed by atoms with Crippen LogP contribution in [0.1, 0.15) is 34.8 Å². The summed E-state index contributed by atoms with van der Waals surface area (Å²) in [6.45, 7) is 2.89. The fourth-order valence-electron chi connectivity index (χ4n) is 2.81. The van der Waals surface area contributed by atoms with Crippen LogP contribution in [0.2, 0.25) is 0 Å². The van der Waals surface area contributed by atoms with Gasteiger partial charge in [-0.05, 0) is 97.9 Å². The highest BCUT2D eigenvalue weighted by atomic mass is 79.9. The van der Waals surface area contributed by atoms with Crippen LogP contribution in [0.4, 0.5) is 5.69 Å². The number of halogens is 2. The minimum absolute atomic E-state index is 0.0276. The van der Waals surface area contributed by atoms with Gasteiger partial charge in [-0.2, -0.15) is 5.10 Å². The van der Waals surface area contributed by atoms with Crippen molar-refractivity contribution in [3.05, 3.63) is 96.4 Å². The van der Waals surface area contributed by atoms with Gasteiger partial charge in [-0.25, -0.2) is 5.43 Å². The van der Waals surface area contributed by atoms with Crippen molar-refractivity contribution < 1.29 is 19.2 Å². The molecular weight excluding hydrogens is 570 g/mol. The number of carbonyl (C=O) groups excluding carboxylic acids is 1. The van der Waals surface area contributed by atoms with Crippen LogP contribution in [0.15, 0.2) is 74.7 Å². The Morgan fingerprint density at radius 3 is 2.29 bits per heavy atom. The topological polar surface area (TPSA) is 103 Å². The second kappa shape index (κ2) is 12.3. The quantitative estimate of drug-likeness (QED) is 0.171. The van der Waals surface area contributed by atoms with Gasteiger partial charge in [0.05, 0.1) is 26.7 Å². The van der Waals surface area contributed by atoms with Gasteiger partial charge in [0.1, 0.15) is 18.1 Å². The van der Waals surface area contributed by atoms with Gasteiger partial charge in [0.2, 0.25) is 0 Å². The fourth-order valence-corrected chi connectivity index (χ4v) is 4.26. The van der Waals surface area contributed by atoms with E-state index >= 15 is 0 Å². The zero-order valence-electron chi connectivity index (χ0n) is 18.2. The molecule has 0 aromatic heterocycles. The Labute approximate surface area is 213 Å². The van der Waals surface area contributed by atoms with Crippen LogP contribution in [0.25, 0.3) is 0 Å². The first-order chi connectivity index (χ1) is 16.4. The van der Waals surface area contributed by atoms with E-state index in [-0.39, 0.29) is 18.2 Å². The number of hydrogen-bond donors (Lipinski definition) is 1. The molecule has 3 aromatic carbocycles. The summed E-state index contributed by atoms with van der Waals surface area (Å²) < 4.78 is 12.7. The van der Waals surface area contributed by atoms with Gasteiger partial charge in [0.15, 0.2) is 0 Å². The SMILES string of the molecule is CCCOc1ccc(C(=O)N/N=C\c2cc(Br)c(OCc3ccc([N+](=O)[O-])cc3)c(Br)c2)cc1. The van der Waals surface area contributed by atoms with E-state index in [2.05, 4.69) is 42.4 Å². The van der Waals surface area contributed by atoms with Crippen molar-refractivity contribution >= 4 is 49.7 Å². The number of carbonyl (C=O) groups is 1. The Kier molecular flexibility index (Phi) is 9.17. The highest BCUT2D eigenvalue weighted by Gasteiger charge is 2.10. The van der Waals surface area contributed by atoms with Gasteiger partial charge in [-0.1, -0.05) is 6.92 Å². The van der Waals surface area contributed by atoms with Crippen LogP contribution < -0.4 is 14.9 Å². The van der Waals surface area contributed by atoms with Crippen molar-refractivity contribution in [3.8, 4) is 11.5 Å². The first-order valence-corrected chi connectivity index (χ1v) is 11.9. The van der Waals surface area contributed by atoms with Crippen molar-refractivity contribution in [1.29, 1.82) is 0 Å². The zero-order chi connectivity index (χ0) is 24.5. The number of nitro benzene ring substituents is 1. The van der Waals surface area contributed by atoms with Gasteiger partial charge >= 0.3 is 0 Å². The number of nitro groups is 1. The molecule has 0 atom stereocenters. The number of amides is 1. The van der Waals surface area contributed by atoms with Crippen molar-refractivity contribution in [2.75, 3.05) is 6.61 Å². The van der Waals surface area contributed by atoms with Gasteiger partial charge in [-0.3, -0.25) is 14.9 Å². The van der Waals surface area contributed by atoms with E-state index in [4.69, 9.17) is 9.47 Å². The van der Waals surface area contributed by atoms with E-state index in [1.807, 2.05) is 6.92 Å². The average molecular weight is 591 g/mol. The van der Waals surface area contributed by atoms with Crippen molar-refractivity contribution in [2.24, 2.45) is 5.10 Å². The molecule has 176 valence electrons. The van der Waals surface area contributed by atoms with Crippen molar-refractivity contribution in [1.82, 2.24) is 5.43 Å². The molecule has 10 heteroatoms. The van der Waals surface area contributed by atoms with E-state index in [0.29, 0.717) is 32.6 Å². The molecule has 0 fully saturated rings. The fraction of sp³-hybridized carbons (Fsp3) is 0.167. The monoisotopic (exact) mass is 589 g/mol. The standard InChI is InChI=1S/C24H21Br2N3O5/c1-2-11-33-20-9-5-18(6-10-20)24(30)28-27-14-17-12-21(25)23(22(26)13-17)34-15-16-3-7-19(8-4-16)29(31)32/h3-10,12-14H,2,11,15H2,1H3,(H,28,30)/b27-14-. The van der Waals surface area contributed by atoms with Gasteiger partial charge in [0, 0.05) is 17.7 Å². The average Bonchev–Trinajstić information content (AvgIpc) is 2.82. The molecule has 0 aliphatic heterocycles. The molecule has 0 bridgehead atoms. The number of nitrogens with one attached hydrogen (secondary N) is 1. The molecule has 0 aliphatic carbocycles. The molecule has 0 unspecified atom stereocenters. The van der Waals surface area contributed by atoms with Crippen LogP contribution in [-0.2, 0) is 6.61 Å². The van der Waals surface area contributed by atoms with Crippen LogP contribution in [-0.4, -0.2) is 23.7 Å². The Morgan fingerprint density at radius 1 is 1.06 bits per heavy atom. The molecule has 3 rings (SSSR count). The van der Waals surface area contributed by atoms with Crippen LogP contribution in [0.3, 0.4) is 0 Å². The lowest BCUT2D eigenvalue weighted by atomic mass is 10.2. The molecule has 0 saturated carbocycles. The first kappa shape index (κ1) is 25.4. The smallest absolute Gasteiger partial charge is 0.271 e. The molecule has 34 heavy (non-hydrogen) atoms. The lowest BCUT2D eigenvalue weighted by molar-refractivity contribution is -0.384. The summed E-state index contributed by atoms with van der Waals surface area (Å²) in [5.74, 6) is 0.955. The van der Waals surface area contributed by atoms with Gasteiger partial charge in [0.25, 0.3) is 11.6 Å². The molecule has 0 saturated heterocycles. The van der Waals surface area contributed by atoms with E-state index in [9.17, 15) is 14.9 Å². The van der Waals surface area contributed by atoms with Gasteiger partial charge < -0.3 is 9.47 Å². The molecule has 1 N–H and O–H groups in total. The highest BCUT2D eigenvalue weighted by molar-refractivity contribution is 9.11. The highest BCUT2D eigenvalue weighted by Crippen LogP contribution is 2.35. The molecular formula is C24H21Br2N3O5. The Balaban J connectivity index is 1.58. The summed E-state index contributed by atoms with van der Waals surface area (Å²) in [4.78, 5) is 22.6. The van der Waals surface area contributed by atoms with E-state index < -0.39 is 4.92 Å². The number of rotatable bonds is 10. The van der Waals surface area contributed by atoms with Crippen LogP contribution >= 0.6 is 31.9 Å². The number of hydrazone groups is 1. The molecule has 3 aromatic rings. The molecule has 0 aliphatic rings. The zero-order valence-corrected chi connectivity index (χ0v) is 21.3. The minimum atomic E-state index is -0.445. The molecule has 1 amide bonds. The number of hydrogen-bond acceptors (Lipinski definition) is 6. The molecule has 8 nitrogen and oxygen atoms in total. The summed E-state index contributed by atoms with van der Waals surface area (Å²) in [5, 5.41) is 14.8. The first-order valence-electron chi connectivity index (χ1n) is 10.3. The van der Waals surface area contributed by atoms with Crippen LogP contribution in [0.5, 0.6) is 11.5 Å². The van der Waals surface area contributed by atoms with E-state index in [0.717, 1.165) is 17.5 Å². The van der Waals surface area contributed by atoms with Crippen molar-refractivity contribution in [2.45, 2.75) is 20.0 Å². The maximum atomic E-state index is 12.3. The number of ether oxygens (including phenoxy) is 2. The number of benzene rings is 3. The lowest BCUT2D eigenvalue weighted by Crippen LogP contribution is -2.17. The largest absolute Gasteiger partial charge is 0.494 e. The van der Waals surface area contributed by atoms with Crippen LogP contribution in [0, 0.1) is 10.1 Å². The lowest BCUT2D eigenvalue weighted by Gasteiger charge is -2.11. The summed E-state index contributed by atoms with van der Waals surface area (Å²) in [6.07, 6.45) is 2.43. The van der Waals surface area contributed by atoms with Crippen molar-refractivity contribution in [3.63, 3.8) is 0 Å². The number of non-ortho nitro benzene ring substituents is 1. The predicted molar refractivity (Wildman–Crippen MR) is 137 cm³/mol. The Morgan fingerprint density at radius 2 is 1.71 bits per heavy atom. The van der Waals surface area contributed by atoms with Gasteiger partial charge in [-0.15, -0.1) is 0 Å². The minimum Gasteiger partial charge on any atom is -0.494 e. The normalized spacial score (nSPS) is 10.8. The van der Waals surface area contributed by atoms with E-state index in [1.54, 1.807) is 48.5 Å². The molecule has 0 spiro atoms. The molecule has 0 radical (unpaired) electrons. The second-order valence-electron chi connectivity index (χ2n) is 7.10. The third-order valence-electron chi connectivity index (χ3n) is 4.52. The second-order valence-corrected chi connectivity index (χ2v) is 8.81. The third-order valence-corrected chi connectivity index (χ3v) is 5.70. The Bertz CT molecular complexity index is 1160. The maximum absolute atomic E-state index is 12.3. The summed E-state index contributed by atoms with van der Waals surface area (Å²) >= 11 is 6.96. The summed E-state index contributed by atoms with van der Waals surface area (Å²) in [7, 11) is 0. The summed E-state index contributed by atoms with van der Waals surface area (Å²) in [6, 6.07) is 16.6. The molecule has 0 heterocycles. The predicted octanol–water partition coefficient (Wildman–Crippen LogP) is 6.25. The maximum Gasteiger partial charge on any atom is 0.271 e. The number of nitrogens with zero attached hydrogens (tertiary/aromatic N) is 2. The van der Waals surface area contributed by atoms with E-state index in [1.165, 1.54) is 18.3 Å². The Hall–Kier alpha value is -3.24. The summed E-state index contributed by atoms with van der Waals surface area (Å²) in [5.41, 5.74) is 4.52.